The van der Waals surface area contributed by atoms with Crippen LogP contribution in [0, 0.1) is 17.6 Å². The summed E-state index contributed by atoms with van der Waals surface area (Å²) in [5, 5.41) is 2.11. The highest BCUT2D eigenvalue weighted by molar-refractivity contribution is 7.81. The maximum Gasteiger partial charge on any atom is 0.393 e. The van der Waals surface area contributed by atoms with Gasteiger partial charge in [-0.1, -0.05) is 11.6 Å². The van der Waals surface area contributed by atoms with Gasteiger partial charge in [-0.2, -0.15) is 25.8 Å². The minimum atomic E-state index is -4.79. The molecule has 7 nitrogen and oxygen atoms in total. The Morgan fingerprint density at radius 3 is 2.20 bits per heavy atom. The lowest BCUT2D eigenvalue weighted by atomic mass is 9.93. The Labute approximate surface area is 263 Å². The largest absolute Gasteiger partial charge is 0.393 e. The predicted octanol–water partition coefficient (Wildman–Crippen LogP) is 4.90. The number of likely N-dealkylation sites (tertiary alicyclic amines) is 2. The average molecular weight is 661 g/mol. The molecule has 2 atom stereocenters. The highest BCUT2D eigenvalue weighted by atomic mass is 35.5. The van der Waals surface area contributed by atoms with E-state index in [9.17, 15) is 31.5 Å². The molecule has 0 aromatic heterocycles. The lowest BCUT2D eigenvalue weighted by molar-refractivity contribution is -0.179. The number of nitrogens with zero attached hydrogens (tertiary/aromatic N) is 3. The smallest absolute Gasteiger partial charge is 0.380 e. The Hall–Kier alpha value is -2.61. The molecule has 0 aliphatic carbocycles. The minimum absolute atomic E-state index is 0.121. The van der Waals surface area contributed by atoms with Gasteiger partial charge in [-0.05, 0) is 55.2 Å². The number of hydrogen-bond donors (Lipinski definition) is 2. The number of carbonyl (C=O) groups excluding carboxylic acids is 2. The van der Waals surface area contributed by atoms with Gasteiger partial charge in [0, 0.05) is 57.1 Å². The molecule has 1 N–H and O–H groups in total. The van der Waals surface area contributed by atoms with Crippen LogP contribution >= 0.6 is 24.2 Å². The van der Waals surface area contributed by atoms with Crippen molar-refractivity contribution in [2.75, 3.05) is 57.8 Å². The zero-order valence-electron chi connectivity index (χ0n) is 23.8. The van der Waals surface area contributed by atoms with E-state index < -0.39 is 41.3 Å². The van der Waals surface area contributed by atoms with Crippen LogP contribution in [0.15, 0.2) is 36.4 Å². The van der Waals surface area contributed by atoms with Crippen molar-refractivity contribution in [2.45, 2.75) is 42.8 Å². The fourth-order valence-corrected chi connectivity index (χ4v) is 6.75. The molecule has 0 bridgehead atoms. The number of rotatable bonds is 8. The third-order valence-electron chi connectivity index (χ3n) is 8.50. The Bertz CT molecular complexity index is 1330. The van der Waals surface area contributed by atoms with Gasteiger partial charge in [0.05, 0.1) is 41.0 Å². The molecule has 3 saturated heterocycles. The number of benzene rings is 2. The second kappa shape index (κ2) is 13.8. The van der Waals surface area contributed by atoms with Crippen LogP contribution < -0.4 is 5.32 Å². The summed E-state index contributed by atoms with van der Waals surface area (Å²) < 4.78 is 74.1. The second-order valence-corrected chi connectivity index (χ2v) is 12.5. The van der Waals surface area contributed by atoms with Crippen molar-refractivity contribution in [2.24, 2.45) is 5.92 Å². The molecule has 2 aromatic carbocycles. The van der Waals surface area contributed by atoms with Crippen molar-refractivity contribution >= 4 is 41.7 Å². The van der Waals surface area contributed by atoms with Gasteiger partial charge in [0.15, 0.2) is 0 Å². The first-order valence-electron chi connectivity index (χ1n) is 14.5. The molecular weight excluding hydrogens is 627 g/mol. The molecule has 2 amide bonds. The lowest BCUT2D eigenvalue weighted by Crippen LogP contribution is -2.61. The fraction of sp³-hybridized carbons (Fsp3) is 0.533. The molecule has 240 valence electrons. The Morgan fingerprint density at radius 1 is 0.977 bits per heavy atom. The van der Waals surface area contributed by atoms with Gasteiger partial charge in [-0.3, -0.25) is 14.5 Å². The molecule has 0 saturated carbocycles. The standard InChI is InChI=1S/C30H34ClF5N4O3S/c31-26-15-21(1-2-24(26)28(41)39-7-9-43-10-8-39)37-22-16-40(17-22)23-3-5-38(6-4-23)29(42)27(44)25(30(34,35)36)13-18-11-19(32)14-20(33)12-18/h1-2,11-12,14-15,22-23,25,27,37,44H,3-10,13,16-17H2. The topological polar surface area (TPSA) is 65.1 Å². The van der Waals surface area contributed by atoms with Crippen LogP contribution in [0.2, 0.25) is 5.02 Å². The van der Waals surface area contributed by atoms with Gasteiger partial charge in [0.2, 0.25) is 5.91 Å². The van der Waals surface area contributed by atoms with Gasteiger partial charge in [0.25, 0.3) is 5.91 Å². The number of nitrogens with one attached hydrogen (secondary N) is 1. The zero-order chi connectivity index (χ0) is 31.6. The van der Waals surface area contributed by atoms with E-state index in [0.29, 0.717) is 68.9 Å². The quantitative estimate of drug-likeness (QED) is 0.312. The molecule has 44 heavy (non-hydrogen) atoms. The Balaban J connectivity index is 1.09. The molecule has 3 aliphatic heterocycles. The van der Waals surface area contributed by atoms with Crippen LogP contribution in [-0.4, -0.2) is 103 Å². The monoisotopic (exact) mass is 660 g/mol. The van der Waals surface area contributed by atoms with Crippen molar-refractivity contribution in [3.63, 3.8) is 0 Å². The molecule has 3 fully saturated rings. The number of hydrogen-bond acceptors (Lipinski definition) is 6. The molecule has 3 heterocycles. The zero-order valence-corrected chi connectivity index (χ0v) is 25.5. The summed E-state index contributed by atoms with van der Waals surface area (Å²) in [6.45, 7) is 4.16. The van der Waals surface area contributed by atoms with Crippen LogP contribution in [0.25, 0.3) is 0 Å². The number of halogens is 6. The summed E-state index contributed by atoms with van der Waals surface area (Å²) in [5.41, 5.74) is 1.07. The van der Waals surface area contributed by atoms with Crippen LogP contribution in [0.5, 0.6) is 0 Å². The summed E-state index contributed by atoms with van der Waals surface area (Å²) in [7, 11) is 0. The molecular formula is C30H34ClF5N4O3S. The van der Waals surface area contributed by atoms with Crippen molar-refractivity contribution in [3.8, 4) is 0 Å². The van der Waals surface area contributed by atoms with Crippen molar-refractivity contribution in [1.82, 2.24) is 14.7 Å². The van der Waals surface area contributed by atoms with E-state index in [1.807, 2.05) is 6.07 Å². The molecule has 0 spiro atoms. The SMILES string of the molecule is O=C(c1ccc(NC2CN(C3CCN(C(=O)C(S)C(Cc4cc(F)cc(F)c4)C(F)(F)F)CC3)C2)cc1Cl)N1CCOCC1. The number of carbonyl (C=O) groups is 2. The third kappa shape index (κ3) is 7.78. The molecule has 2 aromatic rings. The minimum Gasteiger partial charge on any atom is -0.380 e. The molecule has 3 aliphatic rings. The number of amides is 2. The molecule has 0 radical (unpaired) electrons. The first-order valence-corrected chi connectivity index (χ1v) is 15.4. The van der Waals surface area contributed by atoms with Gasteiger partial charge in [-0.25, -0.2) is 8.78 Å². The first-order chi connectivity index (χ1) is 20.9. The van der Waals surface area contributed by atoms with E-state index >= 15 is 0 Å². The van der Waals surface area contributed by atoms with E-state index in [2.05, 4.69) is 22.8 Å². The predicted molar refractivity (Wildman–Crippen MR) is 159 cm³/mol. The summed E-state index contributed by atoms with van der Waals surface area (Å²) in [6, 6.07) is 7.90. The van der Waals surface area contributed by atoms with Crippen molar-refractivity contribution in [1.29, 1.82) is 0 Å². The Kier molecular flexibility index (Phi) is 10.3. The average Bonchev–Trinajstić information content (AvgIpc) is 2.96. The second-order valence-electron chi connectivity index (χ2n) is 11.5. The maximum absolute atomic E-state index is 13.9. The van der Waals surface area contributed by atoms with E-state index in [1.165, 1.54) is 4.90 Å². The van der Waals surface area contributed by atoms with Crippen LogP contribution in [0.1, 0.15) is 28.8 Å². The number of piperidine rings is 1. The number of morpholine rings is 1. The normalized spacial score (nSPS) is 20.2. The van der Waals surface area contributed by atoms with Crippen molar-refractivity contribution < 1.29 is 36.3 Å². The van der Waals surface area contributed by atoms with E-state index in [1.54, 1.807) is 17.0 Å². The first kappa shape index (κ1) is 32.8. The number of thiol groups is 1. The van der Waals surface area contributed by atoms with Crippen LogP contribution in [-0.2, 0) is 16.0 Å². The van der Waals surface area contributed by atoms with Crippen molar-refractivity contribution in [3.05, 3.63) is 64.2 Å². The van der Waals surface area contributed by atoms with E-state index in [0.717, 1.165) is 30.9 Å². The summed E-state index contributed by atoms with van der Waals surface area (Å²) in [5.74, 6) is -5.01. The van der Waals surface area contributed by atoms with Gasteiger partial charge in [0.1, 0.15) is 11.6 Å². The van der Waals surface area contributed by atoms with E-state index in [4.69, 9.17) is 16.3 Å². The molecule has 5 rings (SSSR count). The van der Waals surface area contributed by atoms with Gasteiger partial charge < -0.3 is 19.9 Å². The maximum atomic E-state index is 13.9. The highest BCUT2D eigenvalue weighted by Crippen LogP contribution is 2.36. The third-order valence-corrected chi connectivity index (χ3v) is 9.40. The summed E-state index contributed by atoms with van der Waals surface area (Å²) in [4.78, 5) is 31.2. The number of anilines is 1. The van der Waals surface area contributed by atoms with Crippen LogP contribution in [0.3, 0.4) is 0 Å². The van der Waals surface area contributed by atoms with Gasteiger partial charge in [-0.15, -0.1) is 0 Å². The Morgan fingerprint density at radius 2 is 1.61 bits per heavy atom. The number of alkyl halides is 3. The lowest BCUT2D eigenvalue weighted by Gasteiger charge is -2.47. The van der Waals surface area contributed by atoms with Gasteiger partial charge >= 0.3 is 6.18 Å². The summed E-state index contributed by atoms with van der Waals surface area (Å²) in [6.07, 6.45) is -4.33. The van der Waals surface area contributed by atoms with Crippen LogP contribution in [0.4, 0.5) is 27.6 Å². The summed E-state index contributed by atoms with van der Waals surface area (Å²) >= 11 is 10.5. The molecule has 2 unspecified atom stereocenters. The highest BCUT2D eigenvalue weighted by Gasteiger charge is 2.47. The number of ether oxygens (including phenoxy) is 1. The molecule has 14 heteroatoms. The fourth-order valence-electron chi connectivity index (χ4n) is 6.05. The van der Waals surface area contributed by atoms with E-state index in [-0.39, 0.29) is 23.6 Å².